The van der Waals surface area contributed by atoms with E-state index in [0.717, 1.165) is 18.8 Å². The highest BCUT2D eigenvalue weighted by atomic mass is 32.1. The molecule has 17 heavy (non-hydrogen) atoms. The number of hydrazine groups is 1. The minimum absolute atomic E-state index is 0.0140. The number of nitrogens with two attached hydrogens (primary N) is 1. The fourth-order valence-corrected chi connectivity index (χ4v) is 3.06. The summed E-state index contributed by atoms with van der Waals surface area (Å²) in [6.07, 6.45) is 4.82. The van der Waals surface area contributed by atoms with Gasteiger partial charge < -0.3 is 4.57 Å². The molecule has 0 amide bonds. The number of nitrogens with one attached hydrogen (secondary N) is 1. The van der Waals surface area contributed by atoms with E-state index in [9.17, 15) is 0 Å². The Bertz CT molecular complexity index is 432. The van der Waals surface area contributed by atoms with Crippen LogP contribution in [0.2, 0.25) is 0 Å². The van der Waals surface area contributed by atoms with E-state index >= 15 is 0 Å². The summed E-state index contributed by atoms with van der Waals surface area (Å²) >= 11 is 1.73. The number of aryl methyl sites for hydroxylation is 2. The topological polar surface area (TPSA) is 55.9 Å². The maximum absolute atomic E-state index is 5.71. The molecule has 0 bridgehead atoms. The lowest BCUT2D eigenvalue weighted by Crippen LogP contribution is -2.31. The zero-order valence-corrected chi connectivity index (χ0v) is 11.0. The minimum Gasteiger partial charge on any atom is -0.334 e. The Kier molecular flexibility index (Phi) is 3.93. The smallest absolute Gasteiger partial charge is 0.132 e. The molecule has 0 aliphatic carbocycles. The molecular weight excluding hydrogens is 232 g/mol. The zero-order chi connectivity index (χ0) is 12.3. The molecule has 2 aromatic rings. The molecular formula is C12H18N4S. The van der Waals surface area contributed by atoms with Gasteiger partial charge in [-0.3, -0.25) is 5.84 Å². The van der Waals surface area contributed by atoms with Crippen LogP contribution in [0.3, 0.4) is 0 Å². The molecule has 1 unspecified atom stereocenters. The van der Waals surface area contributed by atoms with Gasteiger partial charge in [0.2, 0.25) is 0 Å². The molecule has 0 aromatic carbocycles. The Hall–Kier alpha value is -1.17. The van der Waals surface area contributed by atoms with Gasteiger partial charge in [0.25, 0.3) is 0 Å². The van der Waals surface area contributed by atoms with Gasteiger partial charge in [0.05, 0.1) is 0 Å². The number of nitrogens with zero attached hydrogens (tertiary/aromatic N) is 2. The van der Waals surface area contributed by atoms with Crippen LogP contribution >= 0.6 is 11.3 Å². The van der Waals surface area contributed by atoms with Gasteiger partial charge >= 0.3 is 0 Å². The maximum Gasteiger partial charge on any atom is 0.132 e. The SMILES string of the molecule is CCc1ccsc1C(NN)c1nccn1CC. The molecule has 0 fully saturated rings. The molecule has 0 saturated carbocycles. The third-order valence-corrected chi connectivity index (χ3v) is 3.96. The van der Waals surface area contributed by atoms with Crippen molar-refractivity contribution < 1.29 is 0 Å². The molecule has 0 saturated heterocycles. The van der Waals surface area contributed by atoms with Crippen LogP contribution in [-0.2, 0) is 13.0 Å². The Balaban J connectivity index is 2.40. The number of hydrogen-bond donors (Lipinski definition) is 2. The third-order valence-electron chi connectivity index (χ3n) is 2.94. The van der Waals surface area contributed by atoms with Crippen molar-refractivity contribution in [3.8, 4) is 0 Å². The van der Waals surface area contributed by atoms with E-state index in [0.29, 0.717) is 0 Å². The quantitative estimate of drug-likeness (QED) is 0.631. The van der Waals surface area contributed by atoms with Gasteiger partial charge in [0.1, 0.15) is 11.9 Å². The number of rotatable bonds is 5. The highest BCUT2D eigenvalue weighted by Gasteiger charge is 2.20. The molecule has 0 spiro atoms. The van der Waals surface area contributed by atoms with E-state index in [1.807, 2.05) is 12.4 Å². The van der Waals surface area contributed by atoms with Crippen molar-refractivity contribution in [1.29, 1.82) is 0 Å². The van der Waals surface area contributed by atoms with Crippen LogP contribution in [0.1, 0.15) is 36.2 Å². The van der Waals surface area contributed by atoms with Crippen molar-refractivity contribution in [3.05, 3.63) is 40.1 Å². The van der Waals surface area contributed by atoms with Gasteiger partial charge in [0, 0.05) is 23.8 Å². The second kappa shape index (κ2) is 5.44. The highest BCUT2D eigenvalue weighted by molar-refractivity contribution is 7.10. The average molecular weight is 250 g/mol. The van der Waals surface area contributed by atoms with Crippen LogP contribution in [0, 0.1) is 0 Å². The van der Waals surface area contributed by atoms with Gasteiger partial charge in [-0.1, -0.05) is 6.92 Å². The number of imidazole rings is 1. The van der Waals surface area contributed by atoms with Gasteiger partial charge in [-0.2, -0.15) is 0 Å². The van der Waals surface area contributed by atoms with Crippen LogP contribution in [-0.4, -0.2) is 9.55 Å². The van der Waals surface area contributed by atoms with Crippen LogP contribution in [0.5, 0.6) is 0 Å². The van der Waals surface area contributed by atoms with Crippen molar-refractivity contribution in [2.75, 3.05) is 0 Å². The molecule has 0 aliphatic heterocycles. The van der Waals surface area contributed by atoms with Gasteiger partial charge in [-0.25, -0.2) is 10.4 Å². The zero-order valence-electron chi connectivity index (χ0n) is 10.2. The summed E-state index contributed by atoms with van der Waals surface area (Å²) in [6.45, 7) is 5.17. The normalized spacial score (nSPS) is 12.9. The van der Waals surface area contributed by atoms with Crippen LogP contribution in [0.15, 0.2) is 23.8 Å². The summed E-state index contributed by atoms with van der Waals surface area (Å²) in [5.74, 6) is 6.68. The van der Waals surface area contributed by atoms with Crippen LogP contribution < -0.4 is 11.3 Å². The molecule has 0 aliphatic rings. The standard InChI is InChI=1S/C12H18N4S/c1-3-9-5-8-17-11(9)10(15-13)12-14-6-7-16(12)4-2/h5-8,10,15H,3-4,13H2,1-2H3. The van der Waals surface area contributed by atoms with Gasteiger partial charge in [-0.05, 0) is 30.4 Å². The fraction of sp³-hybridized carbons (Fsp3) is 0.417. The first-order valence-electron chi connectivity index (χ1n) is 5.85. The molecule has 2 heterocycles. The van der Waals surface area contributed by atoms with Crippen LogP contribution in [0.25, 0.3) is 0 Å². The summed E-state index contributed by atoms with van der Waals surface area (Å²) in [4.78, 5) is 5.68. The molecule has 2 rings (SSSR count). The summed E-state index contributed by atoms with van der Waals surface area (Å²) in [7, 11) is 0. The lowest BCUT2D eigenvalue weighted by atomic mass is 10.1. The predicted molar refractivity (Wildman–Crippen MR) is 70.8 cm³/mol. The second-order valence-electron chi connectivity index (χ2n) is 3.83. The molecule has 1 atom stereocenters. The van der Waals surface area contributed by atoms with Gasteiger partial charge in [-0.15, -0.1) is 11.3 Å². The predicted octanol–water partition coefficient (Wildman–Crippen LogP) is 2.08. The fourth-order valence-electron chi connectivity index (χ4n) is 2.01. The summed E-state index contributed by atoms with van der Waals surface area (Å²) in [6, 6.07) is 2.14. The van der Waals surface area contributed by atoms with Crippen molar-refractivity contribution in [1.82, 2.24) is 15.0 Å². The van der Waals surface area contributed by atoms with E-state index in [2.05, 4.69) is 40.3 Å². The van der Waals surface area contributed by atoms with Crippen molar-refractivity contribution in [2.45, 2.75) is 32.9 Å². The maximum atomic E-state index is 5.71. The van der Waals surface area contributed by atoms with E-state index in [-0.39, 0.29) is 6.04 Å². The number of hydrogen-bond acceptors (Lipinski definition) is 4. The van der Waals surface area contributed by atoms with Crippen molar-refractivity contribution in [2.24, 2.45) is 5.84 Å². The highest BCUT2D eigenvalue weighted by Crippen LogP contribution is 2.28. The lowest BCUT2D eigenvalue weighted by Gasteiger charge is -2.17. The number of thiophene rings is 1. The van der Waals surface area contributed by atoms with E-state index in [1.54, 1.807) is 11.3 Å². The first-order valence-corrected chi connectivity index (χ1v) is 6.73. The molecule has 4 nitrogen and oxygen atoms in total. The monoisotopic (exact) mass is 250 g/mol. The average Bonchev–Trinajstić information content (AvgIpc) is 2.98. The van der Waals surface area contributed by atoms with Gasteiger partial charge in [0.15, 0.2) is 0 Å². The molecule has 5 heteroatoms. The molecule has 2 aromatic heterocycles. The van der Waals surface area contributed by atoms with Crippen molar-refractivity contribution in [3.63, 3.8) is 0 Å². The Labute approximate surface area is 105 Å². The van der Waals surface area contributed by atoms with Crippen LogP contribution in [0.4, 0.5) is 0 Å². The summed E-state index contributed by atoms with van der Waals surface area (Å²) in [5, 5.41) is 2.11. The Morgan fingerprint density at radius 1 is 1.53 bits per heavy atom. The third kappa shape index (κ3) is 2.26. The Morgan fingerprint density at radius 3 is 3.00 bits per heavy atom. The number of aromatic nitrogens is 2. The largest absolute Gasteiger partial charge is 0.334 e. The van der Waals surface area contributed by atoms with E-state index in [4.69, 9.17) is 5.84 Å². The van der Waals surface area contributed by atoms with E-state index in [1.165, 1.54) is 10.4 Å². The first-order chi connectivity index (χ1) is 8.31. The summed E-state index contributed by atoms with van der Waals surface area (Å²) < 4.78 is 2.11. The van der Waals surface area contributed by atoms with Crippen molar-refractivity contribution >= 4 is 11.3 Å². The molecule has 92 valence electrons. The lowest BCUT2D eigenvalue weighted by molar-refractivity contribution is 0.565. The second-order valence-corrected chi connectivity index (χ2v) is 4.78. The Morgan fingerprint density at radius 2 is 2.35 bits per heavy atom. The summed E-state index contributed by atoms with van der Waals surface area (Å²) in [5.41, 5.74) is 4.22. The molecule has 3 N–H and O–H groups in total. The minimum atomic E-state index is -0.0140. The molecule has 0 radical (unpaired) electrons. The van der Waals surface area contributed by atoms with E-state index < -0.39 is 0 Å². The first kappa shape index (κ1) is 12.3.